The lowest BCUT2D eigenvalue weighted by atomic mass is 10.2. The molecule has 0 saturated carbocycles. The fourth-order valence-electron chi connectivity index (χ4n) is 1.40. The zero-order valence-corrected chi connectivity index (χ0v) is 10.3. The number of amides is 1. The van der Waals surface area contributed by atoms with Crippen molar-refractivity contribution in [1.82, 2.24) is 9.80 Å². The predicted molar refractivity (Wildman–Crippen MR) is 60.2 cm³/mol. The lowest BCUT2D eigenvalue weighted by Gasteiger charge is -2.30. The van der Waals surface area contributed by atoms with Crippen LogP contribution >= 0.6 is 0 Å². The maximum atomic E-state index is 11.9. The molecule has 1 amide bonds. The van der Waals surface area contributed by atoms with Gasteiger partial charge in [0.2, 0.25) is 5.91 Å². The molecule has 0 aliphatic rings. The minimum Gasteiger partial charge on any atom is -0.342 e. The molecule has 0 aliphatic heterocycles. The first-order chi connectivity index (χ1) is 6.99. The second-order valence-electron chi connectivity index (χ2n) is 3.66. The molecule has 0 saturated heterocycles. The molecule has 4 heteroatoms. The summed E-state index contributed by atoms with van der Waals surface area (Å²) in [5.41, 5.74) is 0. The Morgan fingerprint density at radius 1 is 1.33 bits per heavy atom. The van der Waals surface area contributed by atoms with E-state index in [9.17, 15) is 4.79 Å². The van der Waals surface area contributed by atoms with Gasteiger partial charge in [0.05, 0.1) is 18.2 Å². The highest BCUT2D eigenvalue weighted by Crippen LogP contribution is 2.05. The van der Waals surface area contributed by atoms with Crippen LogP contribution in [-0.4, -0.2) is 47.9 Å². The summed E-state index contributed by atoms with van der Waals surface area (Å²) >= 11 is 0. The van der Waals surface area contributed by atoms with Gasteiger partial charge in [0.25, 0.3) is 0 Å². The average molecular weight is 211 g/mol. The van der Waals surface area contributed by atoms with Gasteiger partial charge >= 0.3 is 0 Å². The van der Waals surface area contributed by atoms with Gasteiger partial charge in [-0.15, -0.1) is 0 Å². The van der Waals surface area contributed by atoms with E-state index in [1.165, 1.54) is 0 Å². The molecule has 2 atom stereocenters. The van der Waals surface area contributed by atoms with Crippen molar-refractivity contribution in [3.63, 3.8) is 0 Å². The molecule has 0 fully saturated rings. The normalized spacial score (nSPS) is 14.5. The minimum atomic E-state index is -0.237. The van der Waals surface area contributed by atoms with Crippen LogP contribution in [0.3, 0.4) is 0 Å². The van der Waals surface area contributed by atoms with Crippen molar-refractivity contribution >= 4 is 5.91 Å². The Kier molecular flexibility index (Phi) is 5.95. The number of nitriles is 1. The van der Waals surface area contributed by atoms with Gasteiger partial charge in [-0.05, 0) is 34.7 Å². The Morgan fingerprint density at radius 3 is 2.13 bits per heavy atom. The Morgan fingerprint density at radius 2 is 1.80 bits per heavy atom. The molecule has 0 aromatic carbocycles. The molecule has 0 radical (unpaired) electrons. The maximum absolute atomic E-state index is 11.9. The monoisotopic (exact) mass is 211 g/mol. The molecule has 0 bridgehead atoms. The van der Waals surface area contributed by atoms with E-state index in [2.05, 4.69) is 6.07 Å². The summed E-state index contributed by atoms with van der Waals surface area (Å²) in [6.07, 6.45) is 0. The van der Waals surface area contributed by atoms with E-state index in [0.717, 1.165) is 0 Å². The number of rotatable bonds is 5. The number of carbonyl (C=O) groups excluding carboxylic acids is 1. The molecule has 0 aliphatic carbocycles. The van der Waals surface area contributed by atoms with Crippen LogP contribution in [-0.2, 0) is 4.79 Å². The average Bonchev–Trinajstić information content (AvgIpc) is 2.27. The van der Waals surface area contributed by atoms with Crippen LogP contribution in [0.15, 0.2) is 0 Å². The first-order valence-electron chi connectivity index (χ1n) is 5.39. The number of hydrogen-bond acceptors (Lipinski definition) is 3. The Labute approximate surface area is 92.5 Å². The number of hydrogen-bond donors (Lipinski definition) is 0. The molecule has 2 unspecified atom stereocenters. The fourth-order valence-corrected chi connectivity index (χ4v) is 1.40. The highest BCUT2D eigenvalue weighted by atomic mass is 16.2. The van der Waals surface area contributed by atoms with E-state index < -0.39 is 0 Å². The second-order valence-corrected chi connectivity index (χ2v) is 3.66. The minimum absolute atomic E-state index is 0.0876. The molecule has 0 N–H and O–H groups in total. The van der Waals surface area contributed by atoms with Gasteiger partial charge in [-0.25, -0.2) is 0 Å². The van der Waals surface area contributed by atoms with E-state index in [1.54, 1.807) is 23.8 Å². The lowest BCUT2D eigenvalue weighted by molar-refractivity contribution is -0.135. The molecule has 0 rings (SSSR count). The summed E-state index contributed by atoms with van der Waals surface area (Å²) in [5, 5.41) is 8.77. The summed E-state index contributed by atoms with van der Waals surface area (Å²) in [5.74, 6) is 0.0876. The van der Waals surface area contributed by atoms with Crippen LogP contribution in [0, 0.1) is 11.3 Å². The molecular formula is C11H21N3O. The molecule has 4 nitrogen and oxygen atoms in total. The molecule has 15 heavy (non-hydrogen) atoms. The van der Waals surface area contributed by atoms with Crippen LogP contribution < -0.4 is 0 Å². The fraction of sp³-hybridized carbons (Fsp3) is 0.818. The van der Waals surface area contributed by atoms with Crippen molar-refractivity contribution in [2.24, 2.45) is 0 Å². The standard InChI is InChI=1S/C11H21N3O/c1-6-14(7-2)11(15)10(4)13(5)9(3)8-12/h9-10H,6-7H2,1-5H3. The Balaban J connectivity index is 4.50. The Bertz CT molecular complexity index is 243. The first kappa shape index (κ1) is 13.9. The second kappa shape index (κ2) is 6.41. The number of nitrogens with zero attached hydrogens (tertiary/aromatic N) is 3. The topological polar surface area (TPSA) is 47.3 Å². The van der Waals surface area contributed by atoms with Crippen molar-refractivity contribution in [3.05, 3.63) is 0 Å². The van der Waals surface area contributed by atoms with E-state index in [1.807, 2.05) is 20.8 Å². The predicted octanol–water partition coefficient (Wildman–Crippen LogP) is 1.09. The van der Waals surface area contributed by atoms with Gasteiger partial charge in [-0.1, -0.05) is 0 Å². The SMILES string of the molecule is CCN(CC)C(=O)C(C)N(C)C(C)C#N. The first-order valence-corrected chi connectivity index (χ1v) is 5.39. The third kappa shape index (κ3) is 3.52. The largest absolute Gasteiger partial charge is 0.342 e. The molecule has 0 heterocycles. The van der Waals surface area contributed by atoms with Gasteiger partial charge in [0.1, 0.15) is 0 Å². The van der Waals surface area contributed by atoms with Gasteiger partial charge in [-0.2, -0.15) is 5.26 Å². The van der Waals surface area contributed by atoms with Crippen LogP contribution in [0.1, 0.15) is 27.7 Å². The summed E-state index contributed by atoms with van der Waals surface area (Å²) in [6.45, 7) is 8.99. The summed E-state index contributed by atoms with van der Waals surface area (Å²) in [4.78, 5) is 15.5. The van der Waals surface area contributed by atoms with E-state index >= 15 is 0 Å². The van der Waals surface area contributed by atoms with Gasteiger partial charge in [0, 0.05) is 13.1 Å². The van der Waals surface area contributed by atoms with E-state index in [4.69, 9.17) is 5.26 Å². The summed E-state index contributed by atoms with van der Waals surface area (Å²) in [7, 11) is 1.81. The van der Waals surface area contributed by atoms with Crippen LogP contribution in [0.5, 0.6) is 0 Å². The summed E-state index contributed by atoms with van der Waals surface area (Å²) in [6, 6.07) is 1.66. The van der Waals surface area contributed by atoms with Gasteiger partial charge in [0.15, 0.2) is 0 Å². The highest BCUT2D eigenvalue weighted by Gasteiger charge is 2.24. The molecule has 0 aromatic rings. The van der Waals surface area contributed by atoms with Crippen molar-refractivity contribution in [2.45, 2.75) is 39.8 Å². The van der Waals surface area contributed by atoms with Crippen LogP contribution in [0.4, 0.5) is 0 Å². The maximum Gasteiger partial charge on any atom is 0.239 e. The van der Waals surface area contributed by atoms with E-state index in [0.29, 0.717) is 13.1 Å². The van der Waals surface area contributed by atoms with Crippen molar-refractivity contribution in [2.75, 3.05) is 20.1 Å². The van der Waals surface area contributed by atoms with E-state index in [-0.39, 0.29) is 18.0 Å². The lowest BCUT2D eigenvalue weighted by Crippen LogP contribution is -2.48. The smallest absolute Gasteiger partial charge is 0.239 e. The van der Waals surface area contributed by atoms with Crippen molar-refractivity contribution in [1.29, 1.82) is 5.26 Å². The molecule has 0 aromatic heterocycles. The molecular weight excluding hydrogens is 190 g/mol. The quantitative estimate of drug-likeness (QED) is 0.684. The molecule has 86 valence electrons. The zero-order chi connectivity index (χ0) is 12.0. The van der Waals surface area contributed by atoms with Crippen LogP contribution in [0.2, 0.25) is 0 Å². The summed E-state index contributed by atoms with van der Waals surface area (Å²) < 4.78 is 0. The third-order valence-electron chi connectivity index (χ3n) is 2.84. The van der Waals surface area contributed by atoms with Crippen molar-refractivity contribution in [3.8, 4) is 6.07 Å². The van der Waals surface area contributed by atoms with Gasteiger partial charge < -0.3 is 4.90 Å². The zero-order valence-electron chi connectivity index (χ0n) is 10.3. The highest BCUT2D eigenvalue weighted by molar-refractivity contribution is 5.81. The van der Waals surface area contributed by atoms with Crippen LogP contribution in [0.25, 0.3) is 0 Å². The number of carbonyl (C=O) groups is 1. The third-order valence-corrected chi connectivity index (χ3v) is 2.84. The van der Waals surface area contributed by atoms with Crippen molar-refractivity contribution < 1.29 is 4.79 Å². The number of likely N-dealkylation sites (N-methyl/N-ethyl adjacent to an activating group) is 2. The van der Waals surface area contributed by atoms with Gasteiger partial charge in [-0.3, -0.25) is 9.69 Å². The Hall–Kier alpha value is -1.08. The molecule has 0 spiro atoms.